The highest BCUT2D eigenvalue weighted by Gasteiger charge is 2.36. The number of benzene rings is 1. The van der Waals surface area contributed by atoms with Gasteiger partial charge in [-0.3, -0.25) is 4.79 Å². The van der Waals surface area contributed by atoms with Crippen LogP contribution in [-0.4, -0.2) is 23.2 Å². The quantitative estimate of drug-likeness (QED) is 0.827. The summed E-state index contributed by atoms with van der Waals surface area (Å²) in [6.45, 7) is 4.12. The Morgan fingerprint density at radius 3 is 2.89 bits per heavy atom. The lowest BCUT2D eigenvalue weighted by atomic mass is 9.79. The third kappa shape index (κ3) is 3.40. The SMILES string of the molecule is CCC(C)Oc1cccc(NC2CCC2C(=O)O)c1. The van der Waals surface area contributed by atoms with Crippen molar-refractivity contribution in [2.45, 2.75) is 45.3 Å². The average molecular weight is 263 g/mol. The molecule has 4 heteroatoms. The van der Waals surface area contributed by atoms with Crippen LogP contribution in [0.1, 0.15) is 33.1 Å². The van der Waals surface area contributed by atoms with Crippen LogP contribution in [0.2, 0.25) is 0 Å². The number of hydrogen-bond donors (Lipinski definition) is 2. The molecule has 1 aliphatic rings. The van der Waals surface area contributed by atoms with Crippen LogP contribution in [0, 0.1) is 5.92 Å². The van der Waals surface area contributed by atoms with Crippen molar-refractivity contribution in [1.82, 2.24) is 0 Å². The van der Waals surface area contributed by atoms with Gasteiger partial charge in [0.05, 0.1) is 12.0 Å². The van der Waals surface area contributed by atoms with Gasteiger partial charge in [-0.05, 0) is 38.3 Å². The Morgan fingerprint density at radius 1 is 1.53 bits per heavy atom. The molecule has 0 radical (unpaired) electrons. The van der Waals surface area contributed by atoms with Crippen LogP contribution in [0.5, 0.6) is 5.75 Å². The molecule has 0 amide bonds. The first-order chi connectivity index (χ1) is 9.10. The molecule has 0 spiro atoms. The van der Waals surface area contributed by atoms with Crippen LogP contribution in [0.25, 0.3) is 0 Å². The van der Waals surface area contributed by atoms with E-state index < -0.39 is 5.97 Å². The fraction of sp³-hybridized carbons (Fsp3) is 0.533. The van der Waals surface area contributed by atoms with E-state index in [4.69, 9.17) is 9.84 Å². The first-order valence-corrected chi connectivity index (χ1v) is 6.86. The highest BCUT2D eigenvalue weighted by molar-refractivity contribution is 5.73. The van der Waals surface area contributed by atoms with Crippen molar-refractivity contribution in [1.29, 1.82) is 0 Å². The fourth-order valence-corrected chi connectivity index (χ4v) is 2.16. The predicted molar refractivity (Wildman–Crippen MR) is 74.6 cm³/mol. The summed E-state index contributed by atoms with van der Waals surface area (Å²) in [5, 5.41) is 12.3. The van der Waals surface area contributed by atoms with Gasteiger partial charge in [-0.1, -0.05) is 13.0 Å². The molecule has 1 aromatic carbocycles. The van der Waals surface area contributed by atoms with Gasteiger partial charge in [-0.25, -0.2) is 0 Å². The molecular formula is C15H21NO3. The van der Waals surface area contributed by atoms with Gasteiger partial charge in [0, 0.05) is 17.8 Å². The third-order valence-corrected chi connectivity index (χ3v) is 3.69. The van der Waals surface area contributed by atoms with Crippen LogP contribution >= 0.6 is 0 Å². The summed E-state index contributed by atoms with van der Waals surface area (Å²) in [5.74, 6) is -0.152. The van der Waals surface area contributed by atoms with E-state index in [9.17, 15) is 4.79 Å². The molecule has 0 bridgehead atoms. The molecule has 0 saturated heterocycles. The van der Waals surface area contributed by atoms with Crippen molar-refractivity contribution in [3.05, 3.63) is 24.3 Å². The number of anilines is 1. The summed E-state index contributed by atoms with van der Waals surface area (Å²) in [4.78, 5) is 11.0. The van der Waals surface area contributed by atoms with E-state index in [1.165, 1.54) is 0 Å². The molecule has 0 aliphatic heterocycles. The molecule has 1 aromatic rings. The minimum absolute atomic E-state index is 0.0383. The minimum atomic E-state index is -0.712. The van der Waals surface area contributed by atoms with Gasteiger partial charge in [-0.15, -0.1) is 0 Å². The smallest absolute Gasteiger partial charge is 0.308 e. The Labute approximate surface area is 113 Å². The maximum atomic E-state index is 11.0. The maximum absolute atomic E-state index is 11.0. The summed E-state index contributed by atoms with van der Waals surface area (Å²) >= 11 is 0. The molecule has 1 fully saturated rings. The van der Waals surface area contributed by atoms with Crippen molar-refractivity contribution >= 4 is 11.7 Å². The lowest BCUT2D eigenvalue weighted by Crippen LogP contribution is -2.42. The summed E-state index contributed by atoms with van der Waals surface area (Å²) in [7, 11) is 0. The van der Waals surface area contributed by atoms with Crippen LogP contribution in [-0.2, 0) is 4.79 Å². The van der Waals surface area contributed by atoms with E-state index in [1.54, 1.807) is 0 Å². The van der Waals surface area contributed by atoms with E-state index in [0.717, 1.165) is 30.7 Å². The molecule has 0 heterocycles. The van der Waals surface area contributed by atoms with E-state index in [-0.39, 0.29) is 18.1 Å². The van der Waals surface area contributed by atoms with Crippen molar-refractivity contribution in [3.8, 4) is 5.75 Å². The summed E-state index contributed by atoms with van der Waals surface area (Å²) in [6.07, 6.45) is 2.82. The number of ether oxygens (including phenoxy) is 1. The van der Waals surface area contributed by atoms with Gasteiger partial charge in [0.25, 0.3) is 0 Å². The number of nitrogens with one attached hydrogen (secondary N) is 1. The average Bonchev–Trinajstić information content (AvgIpc) is 2.34. The molecule has 2 rings (SSSR count). The largest absolute Gasteiger partial charge is 0.491 e. The molecule has 3 atom stereocenters. The van der Waals surface area contributed by atoms with Gasteiger partial charge >= 0.3 is 5.97 Å². The minimum Gasteiger partial charge on any atom is -0.491 e. The molecule has 1 aliphatic carbocycles. The standard InChI is InChI=1S/C15H21NO3/c1-3-10(2)19-12-6-4-5-11(9-12)16-14-8-7-13(14)15(17)18/h4-6,9-10,13-14,16H,3,7-8H2,1-2H3,(H,17,18). The van der Waals surface area contributed by atoms with Crippen molar-refractivity contribution in [2.75, 3.05) is 5.32 Å². The maximum Gasteiger partial charge on any atom is 0.308 e. The first-order valence-electron chi connectivity index (χ1n) is 6.86. The van der Waals surface area contributed by atoms with Crippen molar-refractivity contribution < 1.29 is 14.6 Å². The highest BCUT2D eigenvalue weighted by Crippen LogP contribution is 2.31. The second kappa shape index (κ2) is 5.95. The second-order valence-electron chi connectivity index (χ2n) is 5.14. The number of carboxylic acid groups (broad SMARTS) is 1. The Morgan fingerprint density at radius 2 is 2.32 bits per heavy atom. The van der Waals surface area contributed by atoms with Gasteiger partial charge in [0.1, 0.15) is 5.75 Å². The van der Waals surface area contributed by atoms with Crippen LogP contribution in [0.3, 0.4) is 0 Å². The zero-order valence-electron chi connectivity index (χ0n) is 11.4. The fourth-order valence-electron chi connectivity index (χ4n) is 2.16. The van der Waals surface area contributed by atoms with Crippen molar-refractivity contribution in [2.24, 2.45) is 5.92 Å². The second-order valence-corrected chi connectivity index (χ2v) is 5.14. The predicted octanol–water partition coefficient (Wildman–Crippen LogP) is 3.14. The molecule has 104 valence electrons. The molecule has 3 unspecified atom stereocenters. The van der Waals surface area contributed by atoms with E-state index in [1.807, 2.05) is 31.2 Å². The molecule has 2 N–H and O–H groups in total. The first kappa shape index (κ1) is 13.7. The number of hydrogen-bond acceptors (Lipinski definition) is 3. The Bertz CT molecular complexity index is 447. The lowest BCUT2D eigenvalue weighted by Gasteiger charge is -2.34. The molecule has 19 heavy (non-hydrogen) atoms. The number of carboxylic acids is 1. The number of aliphatic carboxylic acids is 1. The van der Waals surface area contributed by atoms with E-state index in [2.05, 4.69) is 12.2 Å². The normalized spacial score (nSPS) is 23.3. The van der Waals surface area contributed by atoms with Gasteiger partial charge in [0.2, 0.25) is 0 Å². The zero-order valence-corrected chi connectivity index (χ0v) is 11.4. The topological polar surface area (TPSA) is 58.6 Å². The molecule has 4 nitrogen and oxygen atoms in total. The van der Waals surface area contributed by atoms with Gasteiger partial charge in [0.15, 0.2) is 0 Å². The van der Waals surface area contributed by atoms with Crippen LogP contribution in [0.15, 0.2) is 24.3 Å². The van der Waals surface area contributed by atoms with Gasteiger partial charge < -0.3 is 15.2 Å². The van der Waals surface area contributed by atoms with Crippen LogP contribution < -0.4 is 10.1 Å². The van der Waals surface area contributed by atoms with Crippen LogP contribution in [0.4, 0.5) is 5.69 Å². The monoisotopic (exact) mass is 263 g/mol. The Kier molecular flexibility index (Phi) is 4.30. The summed E-state index contributed by atoms with van der Waals surface area (Å²) in [5.41, 5.74) is 0.928. The highest BCUT2D eigenvalue weighted by atomic mass is 16.5. The Hall–Kier alpha value is -1.71. The van der Waals surface area contributed by atoms with Gasteiger partial charge in [-0.2, -0.15) is 0 Å². The zero-order chi connectivity index (χ0) is 13.8. The molecule has 0 aromatic heterocycles. The van der Waals surface area contributed by atoms with E-state index >= 15 is 0 Å². The summed E-state index contributed by atoms with van der Waals surface area (Å²) in [6, 6.07) is 7.77. The number of rotatable bonds is 6. The summed E-state index contributed by atoms with van der Waals surface area (Å²) < 4.78 is 5.76. The molecular weight excluding hydrogens is 242 g/mol. The third-order valence-electron chi connectivity index (χ3n) is 3.69. The van der Waals surface area contributed by atoms with E-state index in [0.29, 0.717) is 0 Å². The molecule has 1 saturated carbocycles. The lowest BCUT2D eigenvalue weighted by molar-refractivity contribution is -0.144. The number of carbonyl (C=O) groups is 1. The van der Waals surface area contributed by atoms with Crippen molar-refractivity contribution in [3.63, 3.8) is 0 Å². The Balaban J connectivity index is 1.97.